The van der Waals surface area contributed by atoms with Crippen molar-refractivity contribution in [2.24, 2.45) is 0 Å². The van der Waals surface area contributed by atoms with Crippen molar-refractivity contribution in [2.45, 2.75) is 38.6 Å². The van der Waals surface area contributed by atoms with Gasteiger partial charge >= 0.3 is 0 Å². The lowest BCUT2D eigenvalue weighted by Crippen LogP contribution is -2.47. The van der Waals surface area contributed by atoms with Gasteiger partial charge in [0.25, 0.3) is 0 Å². The van der Waals surface area contributed by atoms with Crippen LogP contribution < -0.4 is 5.32 Å². The van der Waals surface area contributed by atoms with Crippen LogP contribution in [-0.2, 0) is 24.2 Å². The number of amides is 1. The summed E-state index contributed by atoms with van der Waals surface area (Å²) in [5.41, 5.74) is 1.33. The molecule has 1 amide bonds. The molecule has 1 aromatic rings. The van der Waals surface area contributed by atoms with Gasteiger partial charge in [-0.15, -0.1) is 11.3 Å². The summed E-state index contributed by atoms with van der Waals surface area (Å²) in [7, 11) is 2.09. The van der Waals surface area contributed by atoms with E-state index in [1.807, 2.05) is 16.2 Å². The monoisotopic (exact) mass is 322 g/mol. The van der Waals surface area contributed by atoms with E-state index in [1.165, 1.54) is 34.8 Å². The second-order valence-corrected chi connectivity index (χ2v) is 7.47. The second kappa shape index (κ2) is 7.53. The Morgan fingerprint density at radius 3 is 2.86 bits per heavy atom. The Bertz CT molecular complexity index is 487. The van der Waals surface area contributed by atoms with E-state index in [4.69, 9.17) is 4.98 Å². The number of fused-ring (bicyclic) bond motifs is 1. The fourth-order valence-corrected chi connectivity index (χ4v) is 4.38. The van der Waals surface area contributed by atoms with E-state index in [2.05, 4.69) is 17.3 Å². The first-order chi connectivity index (χ1) is 10.7. The van der Waals surface area contributed by atoms with Gasteiger partial charge in [0, 0.05) is 44.0 Å². The first-order valence-electron chi connectivity index (χ1n) is 8.37. The Morgan fingerprint density at radius 2 is 2.09 bits per heavy atom. The van der Waals surface area contributed by atoms with Crippen molar-refractivity contribution in [1.82, 2.24) is 20.1 Å². The maximum atomic E-state index is 12.2. The SMILES string of the molecule is CN(CCC(=O)N1CCNCC1)Cc1nc2c(s1)CCCC2. The first kappa shape index (κ1) is 15.9. The molecule has 0 saturated carbocycles. The lowest BCUT2D eigenvalue weighted by Gasteiger charge is -2.28. The summed E-state index contributed by atoms with van der Waals surface area (Å²) in [5, 5.41) is 4.49. The molecule has 0 aromatic carbocycles. The van der Waals surface area contributed by atoms with Gasteiger partial charge in [-0.05, 0) is 32.7 Å². The number of carbonyl (C=O) groups is 1. The number of nitrogens with one attached hydrogen (secondary N) is 1. The van der Waals surface area contributed by atoms with E-state index in [1.54, 1.807) is 0 Å². The third-order valence-corrected chi connectivity index (χ3v) is 5.61. The van der Waals surface area contributed by atoms with Gasteiger partial charge in [-0.2, -0.15) is 0 Å². The number of hydrogen-bond donors (Lipinski definition) is 1. The number of aromatic nitrogens is 1. The third-order valence-electron chi connectivity index (χ3n) is 4.47. The number of carbonyl (C=O) groups excluding carboxylic acids is 1. The normalized spacial score (nSPS) is 18.5. The first-order valence-corrected chi connectivity index (χ1v) is 9.18. The predicted octanol–water partition coefficient (Wildman–Crippen LogP) is 1.28. The van der Waals surface area contributed by atoms with Crippen LogP contribution in [0.5, 0.6) is 0 Å². The van der Waals surface area contributed by atoms with Crippen molar-refractivity contribution in [3.8, 4) is 0 Å². The summed E-state index contributed by atoms with van der Waals surface area (Å²) >= 11 is 1.87. The number of piperazine rings is 1. The zero-order chi connectivity index (χ0) is 15.4. The van der Waals surface area contributed by atoms with Gasteiger partial charge in [-0.25, -0.2) is 4.98 Å². The molecule has 0 atom stereocenters. The summed E-state index contributed by atoms with van der Waals surface area (Å²) in [6, 6.07) is 0. The van der Waals surface area contributed by atoms with Crippen molar-refractivity contribution >= 4 is 17.2 Å². The van der Waals surface area contributed by atoms with Gasteiger partial charge in [0.1, 0.15) is 5.01 Å². The second-order valence-electron chi connectivity index (χ2n) is 6.30. The minimum absolute atomic E-state index is 0.284. The van der Waals surface area contributed by atoms with E-state index >= 15 is 0 Å². The maximum absolute atomic E-state index is 12.2. The number of rotatable bonds is 5. The fraction of sp³-hybridized carbons (Fsp3) is 0.750. The van der Waals surface area contributed by atoms with Crippen molar-refractivity contribution in [1.29, 1.82) is 0 Å². The summed E-state index contributed by atoms with van der Waals surface area (Å²) in [4.78, 5) is 22.7. The molecule has 0 unspecified atom stereocenters. The molecule has 0 radical (unpaired) electrons. The Morgan fingerprint density at radius 1 is 1.32 bits per heavy atom. The summed E-state index contributed by atoms with van der Waals surface area (Å²) in [6.45, 7) is 5.22. The highest BCUT2D eigenvalue weighted by Crippen LogP contribution is 2.27. The van der Waals surface area contributed by atoms with Crippen molar-refractivity contribution in [3.05, 3.63) is 15.6 Å². The molecule has 2 aliphatic rings. The molecule has 2 heterocycles. The standard InChI is InChI=1S/C16H26N4OS/c1-19(9-6-16(21)20-10-7-17-8-11-20)12-15-18-13-4-2-3-5-14(13)22-15/h17H,2-12H2,1H3. The van der Waals surface area contributed by atoms with E-state index in [-0.39, 0.29) is 5.91 Å². The van der Waals surface area contributed by atoms with Gasteiger partial charge in [0.05, 0.1) is 12.2 Å². The summed E-state index contributed by atoms with van der Waals surface area (Å²) < 4.78 is 0. The minimum Gasteiger partial charge on any atom is -0.340 e. The van der Waals surface area contributed by atoms with E-state index in [9.17, 15) is 4.79 Å². The van der Waals surface area contributed by atoms with Crippen LogP contribution in [0.4, 0.5) is 0 Å². The molecule has 1 saturated heterocycles. The molecule has 1 fully saturated rings. The minimum atomic E-state index is 0.284. The fourth-order valence-electron chi connectivity index (χ4n) is 3.14. The van der Waals surface area contributed by atoms with Gasteiger partial charge in [-0.1, -0.05) is 0 Å². The van der Waals surface area contributed by atoms with Gasteiger partial charge < -0.3 is 10.2 Å². The number of nitrogens with zero attached hydrogens (tertiary/aromatic N) is 3. The quantitative estimate of drug-likeness (QED) is 0.887. The molecule has 0 bridgehead atoms. The van der Waals surface area contributed by atoms with Crippen LogP contribution in [0.25, 0.3) is 0 Å². The molecule has 0 spiro atoms. The maximum Gasteiger partial charge on any atom is 0.223 e. The van der Waals surface area contributed by atoms with Crippen molar-refractivity contribution in [3.63, 3.8) is 0 Å². The van der Waals surface area contributed by atoms with Crippen molar-refractivity contribution < 1.29 is 4.79 Å². The van der Waals surface area contributed by atoms with Crippen LogP contribution in [0, 0.1) is 0 Å². The molecule has 5 nitrogen and oxygen atoms in total. The molecular formula is C16H26N4OS. The van der Waals surface area contributed by atoms with Gasteiger partial charge in [0.15, 0.2) is 0 Å². The topological polar surface area (TPSA) is 48.5 Å². The van der Waals surface area contributed by atoms with Gasteiger partial charge in [0.2, 0.25) is 5.91 Å². The zero-order valence-corrected chi connectivity index (χ0v) is 14.3. The number of thiazole rings is 1. The number of aryl methyl sites for hydroxylation is 2. The molecule has 6 heteroatoms. The van der Waals surface area contributed by atoms with Crippen LogP contribution in [0.2, 0.25) is 0 Å². The Labute approximate surface area is 136 Å². The van der Waals surface area contributed by atoms with Crippen LogP contribution in [0.3, 0.4) is 0 Å². The summed E-state index contributed by atoms with van der Waals surface area (Å²) in [6.07, 6.45) is 5.56. The van der Waals surface area contributed by atoms with E-state index in [0.29, 0.717) is 6.42 Å². The average molecular weight is 322 g/mol. The Kier molecular flexibility index (Phi) is 5.44. The van der Waals surface area contributed by atoms with Crippen molar-refractivity contribution in [2.75, 3.05) is 39.8 Å². The lowest BCUT2D eigenvalue weighted by atomic mass is 10.0. The molecule has 1 N–H and O–H groups in total. The molecule has 1 aromatic heterocycles. The molecular weight excluding hydrogens is 296 g/mol. The lowest BCUT2D eigenvalue weighted by molar-refractivity contribution is -0.132. The molecule has 3 rings (SSSR count). The van der Waals surface area contributed by atoms with E-state index < -0.39 is 0 Å². The predicted molar refractivity (Wildman–Crippen MR) is 89.2 cm³/mol. The molecule has 22 heavy (non-hydrogen) atoms. The number of hydrogen-bond acceptors (Lipinski definition) is 5. The zero-order valence-electron chi connectivity index (χ0n) is 13.4. The Hall–Kier alpha value is -0.980. The van der Waals surface area contributed by atoms with Crippen LogP contribution in [-0.4, -0.2) is 60.5 Å². The molecule has 122 valence electrons. The smallest absolute Gasteiger partial charge is 0.223 e. The average Bonchev–Trinajstić information content (AvgIpc) is 2.95. The van der Waals surface area contributed by atoms with Crippen LogP contribution in [0.15, 0.2) is 0 Å². The highest BCUT2D eigenvalue weighted by Gasteiger charge is 2.18. The third kappa shape index (κ3) is 4.06. The van der Waals surface area contributed by atoms with E-state index in [0.717, 1.165) is 45.7 Å². The Balaban J connectivity index is 1.44. The molecule has 1 aliphatic heterocycles. The largest absolute Gasteiger partial charge is 0.340 e. The summed E-state index contributed by atoms with van der Waals surface area (Å²) in [5.74, 6) is 0.284. The van der Waals surface area contributed by atoms with Gasteiger partial charge in [-0.3, -0.25) is 9.69 Å². The highest BCUT2D eigenvalue weighted by atomic mass is 32.1. The molecule has 1 aliphatic carbocycles. The van der Waals surface area contributed by atoms with Crippen LogP contribution in [0.1, 0.15) is 34.8 Å². The highest BCUT2D eigenvalue weighted by molar-refractivity contribution is 7.11. The van der Waals surface area contributed by atoms with Crippen LogP contribution >= 0.6 is 11.3 Å².